The molecule has 7 nitrogen and oxygen atoms in total. The molecule has 1 aliphatic rings. The van der Waals surface area contributed by atoms with Gasteiger partial charge in [0.05, 0.1) is 11.4 Å². The highest BCUT2D eigenvalue weighted by molar-refractivity contribution is 7.89. The second kappa shape index (κ2) is 6.73. The number of fused-ring (bicyclic) bond motifs is 1. The third-order valence-electron chi connectivity index (χ3n) is 3.96. The zero-order valence-electron chi connectivity index (χ0n) is 13.8. The van der Waals surface area contributed by atoms with Crippen LogP contribution in [0.5, 0.6) is 11.5 Å². The zero-order chi connectivity index (χ0) is 18.0. The van der Waals surface area contributed by atoms with Crippen LogP contribution in [0.15, 0.2) is 41.3 Å². The van der Waals surface area contributed by atoms with Crippen LogP contribution in [0, 0.1) is 13.8 Å². The van der Waals surface area contributed by atoms with E-state index in [-0.39, 0.29) is 18.2 Å². The molecule has 2 N–H and O–H groups in total. The van der Waals surface area contributed by atoms with Crippen LogP contribution < -0.4 is 19.5 Å². The van der Waals surface area contributed by atoms with Gasteiger partial charge in [-0.2, -0.15) is 0 Å². The number of anilines is 1. The molecule has 0 aromatic heterocycles. The summed E-state index contributed by atoms with van der Waals surface area (Å²) in [4.78, 5) is 12.1. The number of carbonyl (C=O) groups excluding carboxylic acids is 1. The maximum absolute atomic E-state index is 12.3. The fourth-order valence-corrected chi connectivity index (χ4v) is 3.37. The molecule has 2 aromatic carbocycles. The van der Waals surface area contributed by atoms with Gasteiger partial charge >= 0.3 is 0 Å². The summed E-state index contributed by atoms with van der Waals surface area (Å²) in [5.74, 6) is 0.410. The molecule has 0 unspecified atom stereocenters. The van der Waals surface area contributed by atoms with Gasteiger partial charge in [-0.15, -0.1) is 0 Å². The Balaban J connectivity index is 1.66. The van der Waals surface area contributed by atoms with Crippen LogP contribution in [0.25, 0.3) is 0 Å². The predicted octanol–water partition coefficient (Wildman–Crippen LogP) is 1.95. The van der Waals surface area contributed by atoms with E-state index in [9.17, 15) is 13.2 Å². The molecule has 8 heteroatoms. The topological polar surface area (TPSA) is 93.7 Å². The van der Waals surface area contributed by atoms with Crippen LogP contribution in [-0.4, -0.2) is 27.7 Å². The number of hydrogen-bond donors (Lipinski definition) is 2. The summed E-state index contributed by atoms with van der Waals surface area (Å²) in [6.07, 6.45) is 0. The normalized spacial score (nSPS) is 12.9. The van der Waals surface area contributed by atoms with Gasteiger partial charge in [-0.1, -0.05) is 12.1 Å². The third-order valence-corrected chi connectivity index (χ3v) is 5.35. The van der Waals surface area contributed by atoms with Crippen molar-refractivity contribution in [3.63, 3.8) is 0 Å². The van der Waals surface area contributed by atoms with Gasteiger partial charge < -0.3 is 14.8 Å². The molecule has 1 aliphatic heterocycles. The molecule has 0 fully saturated rings. The van der Waals surface area contributed by atoms with Gasteiger partial charge in [-0.3, -0.25) is 4.79 Å². The molecule has 25 heavy (non-hydrogen) atoms. The van der Waals surface area contributed by atoms with Crippen LogP contribution in [0.3, 0.4) is 0 Å². The molecule has 1 amide bonds. The highest BCUT2D eigenvalue weighted by Crippen LogP contribution is 2.33. The maximum Gasteiger partial charge on any atom is 0.241 e. The van der Waals surface area contributed by atoms with Crippen molar-refractivity contribution in [1.82, 2.24) is 4.72 Å². The van der Waals surface area contributed by atoms with E-state index in [0.29, 0.717) is 17.2 Å². The average molecular weight is 362 g/mol. The lowest BCUT2D eigenvalue weighted by Gasteiger charge is -2.11. The fraction of sp³-hybridized carbons (Fsp3) is 0.235. The van der Waals surface area contributed by atoms with Crippen LogP contribution in [0.1, 0.15) is 11.1 Å². The highest BCUT2D eigenvalue weighted by atomic mass is 32.2. The minimum absolute atomic E-state index is 0.0105. The van der Waals surface area contributed by atoms with Crippen LogP contribution in [0.4, 0.5) is 5.69 Å². The van der Waals surface area contributed by atoms with E-state index in [1.807, 2.05) is 26.0 Å². The van der Waals surface area contributed by atoms with Gasteiger partial charge in [0.25, 0.3) is 0 Å². The zero-order valence-corrected chi connectivity index (χ0v) is 14.6. The van der Waals surface area contributed by atoms with Gasteiger partial charge in [0.15, 0.2) is 11.5 Å². The molecule has 0 bridgehead atoms. The number of benzene rings is 2. The van der Waals surface area contributed by atoms with E-state index < -0.39 is 15.9 Å². The summed E-state index contributed by atoms with van der Waals surface area (Å²) in [5, 5.41) is 2.71. The molecule has 0 saturated heterocycles. The van der Waals surface area contributed by atoms with E-state index in [2.05, 4.69) is 10.0 Å². The first-order valence-corrected chi connectivity index (χ1v) is 9.10. The fourth-order valence-electron chi connectivity index (χ4n) is 2.37. The van der Waals surface area contributed by atoms with Crippen molar-refractivity contribution in [2.45, 2.75) is 18.7 Å². The minimum Gasteiger partial charge on any atom is -0.454 e. The van der Waals surface area contributed by atoms with Crippen molar-refractivity contribution in [2.75, 3.05) is 18.7 Å². The van der Waals surface area contributed by atoms with Crippen molar-refractivity contribution in [1.29, 1.82) is 0 Å². The number of nitrogens with one attached hydrogen (secondary N) is 2. The predicted molar refractivity (Wildman–Crippen MR) is 92.3 cm³/mol. The smallest absolute Gasteiger partial charge is 0.241 e. The van der Waals surface area contributed by atoms with Crippen molar-refractivity contribution < 1.29 is 22.7 Å². The lowest BCUT2D eigenvalue weighted by molar-refractivity contribution is -0.115. The number of amides is 1. The number of rotatable bonds is 5. The quantitative estimate of drug-likeness (QED) is 0.848. The lowest BCUT2D eigenvalue weighted by Crippen LogP contribution is -2.33. The van der Waals surface area contributed by atoms with Crippen molar-refractivity contribution >= 4 is 21.6 Å². The summed E-state index contributed by atoms with van der Waals surface area (Å²) in [6.45, 7) is 3.52. The second-order valence-electron chi connectivity index (χ2n) is 5.64. The highest BCUT2D eigenvalue weighted by Gasteiger charge is 2.21. The van der Waals surface area contributed by atoms with Gasteiger partial charge in [0.1, 0.15) is 0 Å². The first-order chi connectivity index (χ1) is 11.9. The largest absolute Gasteiger partial charge is 0.454 e. The molecule has 1 heterocycles. The van der Waals surface area contributed by atoms with Crippen LogP contribution >= 0.6 is 0 Å². The van der Waals surface area contributed by atoms with E-state index in [0.717, 1.165) is 11.1 Å². The Morgan fingerprint density at radius 3 is 2.68 bits per heavy atom. The Kier molecular flexibility index (Phi) is 4.65. The number of ether oxygens (including phenoxy) is 2. The lowest BCUT2D eigenvalue weighted by atomic mass is 10.1. The van der Waals surface area contributed by atoms with Gasteiger partial charge in [-0.25, -0.2) is 13.1 Å². The number of aryl methyl sites for hydroxylation is 1. The summed E-state index contributed by atoms with van der Waals surface area (Å²) >= 11 is 0. The molecule has 0 radical (unpaired) electrons. The molecular formula is C17H18N2O5S. The van der Waals surface area contributed by atoms with E-state index in [4.69, 9.17) is 9.47 Å². The van der Waals surface area contributed by atoms with E-state index in [1.54, 1.807) is 6.07 Å². The van der Waals surface area contributed by atoms with Gasteiger partial charge in [0, 0.05) is 11.8 Å². The first-order valence-electron chi connectivity index (χ1n) is 7.62. The molecule has 2 aromatic rings. The monoisotopic (exact) mass is 362 g/mol. The number of carbonyl (C=O) groups is 1. The summed E-state index contributed by atoms with van der Waals surface area (Å²) in [7, 11) is -3.83. The SMILES string of the molecule is Cc1cccc(NC(=O)CNS(=O)(=O)c2ccc3c(c2)OCO3)c1C. The standard InChI is InChI=1S/C17H18N2O5S/c1-11-4-3-5-14(12(11)2)19-17(20)9-18-25(21,22)13-6-7-15-16(8-13)24-10-23-15/h3-8,18H,9-10H2,1-2H3,(H,19,20). The first kappa shape index (κ1) is 17.2. The second-order valence-corrected chi connectivity index (χ2v) is 7.40. The number of hydrogen-bond acceptors (Lipinski definition) is 5. The summed E-state index contributed by atoms with van der Waals surface area (Å²) in [6, 6.07) is 9.83. The minimum atomic E-state index is -3.83. The molecule has 0 aliphatic carbocycles. The van der Waals surface area contributed by atoms with E-state index >= 15 is 0 Å². The Morgan fingerprint density at radius 2 is 1.88 bits per heavy atom. The van der Waals surface area contributed by atoms with Crippen LogP contribution in [0.2, 0.25) is 0 Å². The Hall–Kier alpha value is -2.58. The van der Waals surface area contributed by atoms with Gasteiger partial charge in [-0.05, 0) is 43.2 Å². The average Bonchev–Trinajstić information content (AvgIpc) is 3.05. The molecule has 0 spiro atoms. The molecule has 132 valence electrons. The third kappa shape index (κ3) is 3.75. The Morgan fingerprint density at radius 1 is 1.12 bits per heavy atom. The summed E-state index contributed by atoms with van der Waals surface area (Å²) < 4.78 is 37.2. The molecule has 3 rings (SSSR count). The molecule has 0 atom stereocenters. The van der Waals surface area contributed by atoms with Crippen molar-refractivity contribution in [2.24, 2.45) is 0 Å². The molecular weight excluding hydrogens is 344 g/mol. The summed E-state index contributed by atoms with van der Waals surface area (Å²) in [5.41, 5.74) is 2.64. The maximum atomic E-state index is 12.3. The molecule has 0 saturated carbocycles. The van der Waals surface area contributed by atoms with Crippen molar-refractivity contribution in [3.8, 4) is 11.5 Å². The number of sulfonamides is 1. The van der Waals surface area contributed by atoms with Gasteiger partial charge in [0.2, 0.25) is 22.7 Å². The van der Waals surface area contributed by atoms with Crippen LogP contribution in [-0.2, 0) is 14.8 Å². The van der Waals surface area contributed by atoms with Crippen molar-refractivity contribution in [3.05, 3.63) is 47.5 Å². The van der Waals surface area contributed by atoms with E-state index in [1.165, 1.54) is 18.2 Å². The Labute approximate surface area is 146 Å². The Bertz CT molecular complexity index is 925.